The molecule has 0 aliphatic heterocycles. The lowest BCUT2D eigenvalue weighted by Crippen LogP contribution is -2.31. The molecule has 0 saturated heterocycles. The molecule has 0 fully saturated rings. The molecule has 0 saturated carbocycles. The molecule has 1 N–H and O–H groups in total. The van der Waals surface area contributed by atoms with Gasteiger partial charge in [-0.15, -0.1) is 0 Å². The molecule has 1 rings (SSSR count). The van der Waals surface area contributed by atoms with Crippen LogP contribution in [0.1, 0.15) is 17.5 Å². The number of ether oxygens (including phenoxy) is 2. The number of hydrogen-bond donors (Lipinski definition) is 1. The van der Waals surface area contributed by atoms with E-state index in [0.29, 0.717) is 0 Å². The molecule has 0 heterocycles. The van der Waals surface area contributed by atoms with Gasteiger partial charge in [0.25, 0.3) is 0 Å². The molecule has 0 aliphatic carbocycles. The summed E-state index contributed by atoms with van der Waals surface area (Å²) in [6.45, 7) is 4.14. The Bertz CT molecular complexity index is 457. The summed E-state index contributed by atoms with van der Waals surface area (Å²) in [7, 11) is 1.28. The van der Waals surface area contributed by atoms with Crippen LogP contribution in [-0.4, -0.2) is 32.1 Å². The highest BCUT2D eigenvalue weighted by Crippen LogP contribution is 2.20. The number of carbonyl (C=O) groups excluding carboxylic acids is 2. The number of benzene rings is 1. The summed E-state index contributed by atoms with van der Waals surface area (Å²) >= 11 is 0. The summed E-state index contributed by atoms with van der Waals surface area (Å²) in [6.07, 6.45) is 0.199. The Kier molecular flexibility index (Phi) is 5.85. The van der Waals surface area contributed by atoms with Crippen LogP contribution in [0.25, 0.3) is 0 Å². The molecule has 19 heavy (non-hydrogen) atoms. The van der Waals surface area contributed by atoms with Crippen LogP contribution < -0.4 is 10.1 Å². The molecule has 0 aromatic heterocycles. The van der Waals surface area contributed by atoms with Crippen molar-refractivity contribution < 1.29 is 19.1 Å². The fourth-order valence-corrected chi connectivity index (χ4v) is 1.47. The van der Waals surface area contributed by atoms with Crippen molar-refractivity contribution in [1.29, 1.82) is 0 Å². The second-order valence-electron chi connectivity index (χ2n) is 4.15. The summed E-state index contributed by atoms with van der Waals surface area (Å²) in [5.74, 6) is 0.0697. The highest BCUT2D eigenvalue weighted by Gasteiger charge is 2.06. The van der Waals surface area contributed by atoms with E-state index in [1.165, 1.54) is 7.11 Å². The Balaban J connectivity index is 2.32. The fourth-order valence-electron chi connectivity index (χ4n) is 1.47. The van der Waals surface area contributed by atoms with Gasteiger partial charge in [-0.3, -0.25) is 9.59 Å². The molecule has 1 aromatic carbocycles. The van der Waals surface area contributed by atoms with E-state index in [9.17, 15) is 9.59 Å². The minimum Gasteiger partial charge on any atom is -0.493 e. The summed E-state index contributed by atoms with van der Waals surface area (Å²) < 4.78 is 9.96. The van der Waals surface area contributed by atoms with E-state index in [0.717, 1.165) is 16.9 Å². The second-order valence-corrected chi connectivity index (χ2v) is 4.15. The smallest absolute Gasteiger partial charge is 0.325 e. The quantitative estimate of drug-likeness (QED) is 0.789. The predicted molar refractivity (Wildman–Crippen MR) is 71.1 cm³/mol. The first-order chi connectivity index (χ1) is 9.04. The Morgan fingerprint density at radius 3 is 2.68 bits per heavy atom. The van der Waals surface area contributed by atoms with Crippen molar-refractivity contribution in [3.05, 3.63) is 29.3 Å². The van der Waals surface area contributed by atoms with Crippen LogP contribution in [0.2, 0.25) is 0 Å². The zero-order valence-corrected chi connectivity index (χ0v) is 11.5. The number of nitrogens with one attached hydrogen (secondary N) is 1. The summed E-state index contributed by atoms with van der Waals surface area (Å²) in [5.41, 5.74) is 2.21. The third kappa shape index (κ3) is 4.99. The first-order valence-corrected chi connectivity index (χ1v) is 6.07. The Morgan fingerprint density at radius 1 is 1.26 bits per heavy atom. The van der Waals surface area contributed by atoms with Crippen molar-refractivity contribution in [2.45, 2.75) is 20.3 Å². The SMILES string of the molecule is COC(=O)CNC(=O)CCOc1cccc(C)c1C. The maximum atomic E-state index is 11.4. The van der Waals surface area contributed by atoms with Crippen molar-refractivity contribution in [3.63, 3.8) is 0 Å². The largest absolute Gasteiger partial charge is 0.493 e. The molecule has 0 radical (unpaired) electrons. The lowest BCUT2D eigenvalue weighted by molar-refractivity contribution is -0.141. The Morgan fingerprint density at radius 2 is 2.00 bits per heavy atom. The number of methoxy groups -OCH3 is 1. The van der Waals surface area contributed by atoms with Gasteiger partial charge in [-0.25, -0.2) is 0 Å². The lowest BCUT2D eigenvalue weighted by atomic mass is 10.1. The van der Waals surface area contributed by atoms with Crippen LogP contribution in [0.15, 0.2) is 18.2 Å². The molecular weight excluding hydrogens is 246 g/mol. The van der Waals surface area contributed by atoms with Crippen LogP contribution in [-0.2, 0) is 14.3 Å². The van der Waals surface area contributed by atoms with Crippen molar-refractivity contribution in [1.82, 2.24) is 5.32 Å². The summed E-state index contributed by atoms with van der Waals surface area (Å²) in [6, 6.07) is 5.79. The van der Waals surface area contributed by atoms with Gasteiger partial charge in [0.1, 0.15) is 12.3 Å². The van der Waals surface area contributed by atoms with Gasteiger partial charge in [-0.1, -0.05) is 12.1 Å². The van der Waals surface area contributed by atoms with E-state index < -0.39 is 5.97 Å². The van der Waals surface area contributed by atoms with E-state index >= 15 is 0 Å². The van der Waals surface area contributed by atoms with Crippen LogP contribution in [0.5, 0.6) is 5.75 Å². The maximum Gasteiger partial charge on any atom is 0.325 e. The Labute approximate surface area is 112 Å². The molecule has 0 spiro atoms. The van der Waals surface area contributed by atoms with Crippen molar-refractivity contribution in [3.8, 4) is 5.75 Å². The molecule has 1 aromatic rings. The second kappa shape index (κ2) is 7.41. The normalized spacial score (nSPS) is 9.84. The number of esters is 1. The van der Waals surface area contributed by atoms with E-state index in [1.807, 2.05) is 32.0 Å². The van der Waals surface area contributed by atoms with Crippen LogP contribution in [0.3, 0.4) is 0 Å². The van der Waals surface area contributed by atoms with Crippen LogP contribution in [0.4, 0.5) is 0 Å². The van der Waals surface area contributed by atoms with E-state index in [-0.39, 0.29) is 25.5 Å². The van der Waals surface area contributed by atoms with Crippen molar-refractivity contribution in [2.24, 2.45) is 0 Å². The molecule has 5 nitrogen and oxygen atoms in total. The molecule has 0 bridgehead atoms. The van der Waals surface area contributed by atoms with Gasteiger partial charge in [-0.2, -0.15) is 0 Å². The molecule has 0 aliphatic rings. The van der Waals surface area contributed by atoms with Gasteiger partial charge in [0.2, 0.25) is 5.91 Å². The summed E-state index contributed by atoms with van der Waals surface area (Å²) in [5, 5.41) is 2.45. The third-order valence-corrected chi connectivity index (χ3v) is 2.80. The van der Waals surface area contributed by atoms with Crippen molar-refractivity contribution >= 4 is 11.9 Å². The highest BCUT2D eigenvalue weighted by atomic mass is 16.5. The number of amides is 1. The van der Waals surface area contributed by atoms with Crippen LogP contribution >= 0.6 is 0 Å². The number of carbonyl (C=O) groups is 2. The van der Waals surface area contributed by atoms with E-state index in [2.05, 4.69) is 10.1 Å². The van der Waals surface area contributed by atoms with Gasteiger partial charge in [0, 0.05) is 0 Å². The van der Waals surface area contributed by atoms with Gasteiger partial charge >= 0.3 is 5.97 Å². The van der Waals surface area contributed by atoms with Gasteiger partial charge in [-0.05, 0) is 31.0 Å². The molecule has 0 unspecified atom stereocenters. The summed E-state index contributed by atoms with van der Waals surface area (Å²) in [4.78, 5) is 22.2. The standard InChI is InChI=1S/C14H19NO4/c1-10-5-4-6-12(11(10)2)19-8-7-13(16)15-9-14(17)18-3/h4-6H,7-9H2,1-3H3,(H,15,16). The first kappa shape index (κ1) is 15.0. The van der Waals surface area contributed by atoms with Gasteiger partial charge in [0.05, 0.1) is 20.1 Å². The van der Waals surface area contributed by atoms with E-state index in [1.54, 1.807) is 0 Å². The fraction of sp³-hybridized carbons (Fsp3) is 0.429. The number of aryl methyl sites for hydroxylation is 1. The third-order valence-electron chi connectivity index (χ3n) is 2.80. The first-order valence-electron chi connectivity index (χ1n) is 6.07. The topological polar surface area (TPSA) is 64.6 Å². The van der Waals surface area contributed by atoms with Gasteiger partial charge in [0.15, 0.2) is 0 Å². The van der Waals surface area contributed by atoms with E-state index in [4.69, 9.17) is 4.74 Å². The number of rotatable bonds is 6. The average Bonchev–Trinajstić information content (AvgIpc) is 2.40. The monoisotopic (exact) mass is 265 g/mol. The minimum absolute atomic E-state index is 0.112. The molecule has 5 heteroatoms. The lowest BCUT2D eigenvalue weighted by Gasteiger charge is -2.10. The minimum atomic E-state index is -0.469. The Hall–Kier alpha value is -2.04. The van der Waals surface area contributed by atoms with Crippen LogP contribution in [0, 0.1) is 13.8 Å². The van der Waals surface area contributed by atoms with Gasteiger partial charge < -0.3 is 14.8 Å². The molecule has 0 atom stereocenters. The molecular formula is C14H19NO4. The average molecular weight is 265 g/mol. The molecule has 1 amide bonds. The molecule has 104 valence electrons. The predicted octanol–water partition coefficient (Wildman–Crippen LogP) is 1.36. The van der Waals surface area contributed by atoms with Crippen molar-refractivity contribution in [2.75, 3.05) is 20.3 Å². The zero-order valence-electron chi connectivity index (χ0n) is 11.5. The maximum absolute atomic E-state index is 11.4. The highest BCUT2D eigenvalue weighted by molar-refractivity contribution is 5.81. The number of hydrogen-bond acceptors (Lipinski definition) is 4. The zero-order chi connectivity index (χ0) is 14.3.